The average Bonchev–Trinajstić information content (AvgIpc) is 3.51. The molecule has 0 saturated heterocycles. The van der Waals surface area contributed by atoms with Crippen molar-refractivity contribution in [2.75, 3.05) is 19.5 Å². The number of carbonyl (C=O) groups excluding carboxylic acids is 3. The van der Waals surface area contributed by atoms with Gasteiger partial charge in [-0.05, 0) is 58.5 Å². The third-order valence-corrected chi connectivity index (χ3v) is 6.18. The van der Waals surface area contributed by atoms with Crippen molar-refractivity contribution in [1.29, 1.82) is 0 Å². The number of tetrazole rings is 1. The summed E-state index contributed by atoms with van der Waals surface area (Å²) < 4.78 is 10.8. The molecule has 0 aliphatic heterocycles. The number of esters is 1. The maximum atomic E-state index is 13.0. The van der Waals surface area contributed by atoms with Crippen molar-refractivity contribution < 1.29 is 23.9 Å². The summed E-state index contributed by atoms with van der Waals surface area (Å²) in [7, 11) is 2.50. The minimum Gasteiger partial charge on any atom is -0.469 e. The molecule has 4 rings (SSSR count). The highest BCUT2D eigenvalue weighted by atomic mass is 35.5. The van der Waals surface area contributed by atoms with E-state index in [1.165, 1.54) is 37.4 Å². The second-order valence-electron chi connectivity index (χ2n) is 8.30. The molecule has 0 bridgehead atoms. The quantitative estimate of drug-likeness (QED) is 0.213. The Morgan fingerprint density at radius 1 is 1.02 bits per heavy atom. The molecule has 0 saturated carbocycles. The predicted octanol–water partition coefficient (Wildman–Crippen LogP) is 4.04. The van der Waals surface area contributed by atoms with Gasteiger partial charge in [0.05, 0.1) is 38.1 Å². The summed E-state index contributed by atoms with van der Waals surface area (Å²) in [6.45, 7) is 0. The van der Waals surface area contributed by atoms with Gasteiger partial charge in [-0.15, -0.1) is 10.2 Å². The number of rotatable bonds is 9. The van der Waals surface area contributed by atoms with Crippen molar-refractivity contribution in [3.05, 3.63) is 82.4 Å². The molecule has 0 unspecified atom stereocenters. The van der Waals surface area contributed by atoms with Crippen LogP contribution in [0.25, 0.3) is 22.9 Å². The number of carbonyl (C=O) groups is 3. The Hall–Kier alpha value is -4.88. The van der Waals surface area contributed by atoms with Crippen molar-refractivity contribution in [1.82, 2.24) is 35.7 Å². The third kappa shape index (κ3) is 7.62. The van der Waals surface area contributed by atoms with Gasteiger partial charge >= 0.3 is 12.1 Å². The number of amides is 2. The molecule has 210 valence electrons. The maximum Gasteiger partial charge on any atom is 0.411 e. The molecule has 2 aromatic heterocycles. The minimum absolute atomic E-state index is 0.0987. The molecule has 15 heteroatoms. The lowest BCUT2D eigenvalue weighted by atomic mass is 10.0. The third-order valence-electron chi connectivity index (χ3n) is 5.67. The van der Waals surface area contributed by atoms with Crippen LogP contribution in [-0.2, 0) is 19.1 Å². The number of nitrogens with one attached hydrogen (secondary N) is 2. The molecular weight excluding hydrogens is 575 g/mol. The van der Waals surface area contributed by atoms with Gasteiger partial charge in [-0.1, -0.05) is 35.3 Å². The highest BCUT2D eigenvalue weighted by Gasteiger charge is 2.22. The van der Waals surface area contributed by atoms with E-state index < -0.39 is 24.0 Å². The van der Waals surface area contributed by atoms with Crippen LogP contribution >= 0.6 is 23.2 Å². The Kier molecular flexibility index (Phi) is 9.55. The van der Waals surface area contributed by atoms with Gasteiger partial charge in [-0.3, -0.25) is 14.9 Å². The fraction of sp³-hybridized carbons (Fsp3) is 0.154. The molecule has 2 amide bonds. The van der Waals surface area contributed by atoms with Crippen LogP contribution in [0.2, 0.25) is 10.2 Å². The van der Waals surface area contributed by atoms with E-state index in [2.05, 4.69) is 41.1 Å². The second-order valence-corrected chi connectivity index (χ2v) is 9.09. The van der Waals surface area contributed by atoms with Crippen molar-refractivity contribution >= 4 is 52.9 Å². The van der Waals surface area contributed by atoms with Gasteiger partial charge in [0.2, 0.25) is 5.91 Å². The highest BCUT2D eigenvalue weighted by Crippen LogP contribution is 2.30. The second kappa shape index (κ2) is 13.5. The molecule has 0 spiro atoms. The fourth-order valence-electron chi connectivity index (χ4n) is 3.67. The van der Waals surface area contributed by atoms with E-state index in [1.54, 1.807) is 48.5 Å². The van der Waals surface area contributed by atoms with E-state index in [1.807, 2.05) is 0 Å². The van der Waals surface area contributed by atoms with Crippen LogP contribution in [0.1, 0.15) is 23.7 Å². The van der Waals surface area contributed by atoms with E-state index >= 15 is 0 Å². The Bertz CT molecular complexity index is 1580. The smallest absolute Gasteiger partial charge is 0.411 e. The van der Waals surface area contributed by atoms with Crippen LogP contribution in [0, 0.1) is 0 Å². The van der Waals surface area contributed by atoms with E-state index in [0.29, 0.717) is 33.1 Å². The molecule has 2 aromatic carbocycles. The van der Waals surface area contributed by atoms with Crippen LogP contribution in [-0.4, -0.2) is 62.6 Å². The van der Waals surface area contributed by atoms with Gasteiger partial charge in [-0.25, -0.2) is 4.79 Å². The Morgan fingerprint density at radius 2 is 1.80 bits per heavy atom. The van der Waals surface area contributed by atoms with E-state index in [-0.39, 0.29) is 17.3 Å². The molecule has 2 heterocycles. The first-order valence-electron chi connectivity index (χ1n) is 11.8. The number of methoxy groups -OCH3 is 2. The lowest BCUT2D eigenvalue weighted by Gasteiger charge is -2.17. The largest absolute Gasteiger partial charge is 0.469 e. The zero-order valence-corrected chi connectivity index (χ0v) is 23.1. The highest BCUT2D eigenvalue weighted by molar-refractivity contribution is 6.32. The standard InChI is InChI=1S/C26H22Cl2N8O5/c1-40-24(38)13-20(31-23(37)10-5-16-11-17(27)6-9-22(16)36-14-29-34-35-36)21-12-19(25(28)33-32-21)15-3-7-18(8-4-15)30-26(39)41-2/h3-12,14,20H,13H2,1-2H3,(H,30,39)(H,31,37)/t20-/m0/s1. The lowest BCUT2D eigenvalue weighted by molar-refractivity contribution is -0.141. The van der Waals surface area contributed by atoms with Crippen LogP contribution in [0.4, 0.5) is 10.5 Å². The normalized spacial score (nSPS) is 11.6. The summed E-state index contributed by atoms with van der Waals surface area (Å²) in [6.07, 6.45) is 3.40. The maximum absolute atomic E-state index is 13.0. The Morgan fingerprint density at radius 3 is 2.49 bits per heavy atom. The van der Waals surface area contributed by atoms with Crippen molar-refractivity contribution in [3.63, 3.8) is 0 Å². The average molecular weight is 597 g/mol. The number of benzene rings is 2. The van der Waals surface area contributed by atoms with Gasteiger partial charge in [0.15, 0.2) is 5.15 Å². The van der Waals surface area contributed by atoms with Gasteiger partial charge < -0.3 is 14.8 Å². The molecule has 0 aliphatic rings. The molecule has 2 N–H and O–H groups in total. The van der Waals surface area contributed by atoms with Crippen molar-refractivity contribution in [2.45, 2.75) is 12.5 Å². The number of ether oxygens (including phenoxy) is 2. The summed E-state index contributed by atoms with van der Waals surface area (Å²) in [6, 6.07) is 12.5. The first-order valence-corrected chi connectivity index (χ1v) is 12.6. The summed E-state index contributed by atoms with van der Waals surface area (Å²) in [5, 5.41) is 25.1. The van der Waals surface area contributed by atoms with Crippen LogP contribution < -0.4 is 10.6 Å². The van der Waals surface area contributed by atoms with Gasteiger partial charge in [0.1, 0.15) is 6.33 Å². The zero-order chi connectivity index (χ0) is 29.4. The number of hydrogen-bond acceptors (Lipinski definition) is 10. The monoisotopic (exact) mass is 596 g/mol. The van der Waals surface area contributed by atoms with E-state index in [4.69, 9.17) is 27.9 Å². The molecule has 1 atom stereocenters. The summed E-state index contributed by atoms with van der Waals surface area (Å²) >= 11 is 12.5. The summed E-state index contributed by atoms with van der Waals surface area (Å²) in [4.78, 5) is 36.6. The molecular formula is C26H22Cl2N8O5. The van der Waals surface area contributed by atoms with Crippen molar-refractivity contribution in [2.24, 2.45) is 0 Å². The summed E-state index contributed by atoms with van der Waals surface area (Å²) in [5.74, 6) is -1.11. The Labute approximate surface area is 243 Å². The van der Waals surface area contributed by atoms with Crippen LogP contribution in [0.3, 0.4) is 0 Å². The number of nitrogens with zero attached hydrogens (tertiary/aromatic N) is 6. The fourth-order valence-corrected chi connectivity index (χ4v) is 4.05. The lowest BCUT2D eigenvalue weighted by Crippen LogP contribution is -2.30. The first-order chi connectivity index (χ1) is 19.8. The van der Waals surface area contributed by atoms with Gasteiger partial charge in [0, 0.05) is 27.9 Å². The van der Waals surface area contributed by atoms with E-state index in [0.717, 1.165) is 0 Å². The summed E-state index contributed by atoms with van der Waals surface area (Å²) in [5.41, 5.74) is 3.08. The van der Waals surface area contributed by atoms with Crippen LogP contribution in [0.5, 0.6) is 0 Å². The van der Waals surface area contributed by atoms with E-state index in [9.17, 15) is 14.4 Å². The van der Waals surface area contributed by atoms with Crippen molar-refractivity contribution in [3.8, 4) is 16.8 Å². The SMILES string of the molecule is COC(=O)C[C@H](NC(=O)C=Cc1cc(Cl)ccc1-n1cnnn1)c1cc(-c2ccc(NC(=O)OC)cc2)c(Cl)nn1. The number of halogens is 2. The zero-order valence-electron chi connectivity index (χ0n) is 21.6. The predicted molar refractivity (Wildman–Crippen MR) is 149 cm³/mol. The van der Waals surface area contributed by atoms with Crippen LogP contribution in [0.15, 0.2) is 60.9 Å². The van der Waals surface area contributed by atoms with Gasteiger partial charge in [-0.2, -0.15) is 9.78 Å². The molecule has 0 fully saturated rings. The Balaban J connectivity index is 1.58. The molecule has 4 aromatic rings. The molecule has 41 heavy (non-hydrogen) atoms. The number of hydrogen-bond donors (Lipinski definition) is 2. The molecule has 0 radical (unpaired) electrons. The molecule has 13 nitrogen and oxygen atoms in total. The van der Waals surface area contributed by atoms with Gasteiger partial charge in [0.25, 0.3) is 0 Å². The number of aromatic nitrogens is 6. The minimum atomic E-state index is -0.901. The number of anilines is 1. The topological polar surface area (TPSA) is 163 Å². The first kappa shape index (κ1) is 29.1. The molecule has 0 aliphatic carbocycles.